The van der Waals surface area contributed by atoms with Gasteiger partial charge in [-0.25, -0.2) is 0 Å². The van der Waals surface area contributed by atoms with E-state index in [1.165, 1.54) is 10.4 Å². The molecule has 0 atom stereocenters. The van der Waals surface area contributed by atoms with Crippen LogP contribution in [0.5, 0.6) is 0 Å². The fourth-order valence-electron chi connectivity index (χ4n) is 3.15. The molecule has 140 valence electrons. The van der Waals surface area contributed by atoms with Crippen LogP contribution in [0.4, 0.5) is 0 Å². The standard InChI is InChI=1S/C19H25N3O3S/c1-13-4-9-26-17(13)11-20-18(23)12-21-5-7-22(8-6-21)19(24)16-10-14(2)25-15(16)3/h4,9-10H,5-8,11-12H2,1-3H3,(H,20,23). The summed E-state index contributed by atoms with van der Waals surface area (Å²) in [6, 6.07) is 3.86. The van der Waals surface area contributed by atoms with Crippen LogP contribution in [-0.2, 0) is 11.3 Å². The molecule has 1 N–H and O–H groups in total. The van der Waals surface area contributed by atoms with Gasteiger partial charge in [0.25, 0.3) is 5.91 Å². The third-order valence-corrected chi connectivity index (χ3v) is 5.74. The van der Waals surface area contributed by atoms with Crippen LogP contribution in [0.15, 0.2) is 21.9 Å². The smallest absolute Gasteiger partial charge is 0.257 e. The summed E-state index contributed by atoms with van der Waals surface area (Å²) in [5.74, 6) is 1.45. The Morgan fingerprint density at radius 3 is 2.50 bits per heavy atom. The van der Waals surface area contributed by atoms with Crippen molar-refractivity contribution < 1.29 is 14.0 Å². The first-order valence-electron chi connectivity index (χ1n) is 8.82. The van der Waals surface area contributed by atoms with Crippen molar-refractivity contribution in [2.45, 2.75) is 27.3 Å². The monoisotopic (exact) mass is 375 g/mol. The van der Waals surface area contributed by atoms with Gasteiger partial charge in [-0.1, -0.05) is 0 Å². The highest BCUT2D eigenvalue weighted by molar-refractivity contribution is 7.10. The molecular weight excluding hydrogens is 350 g/mol. The lowest BCUT2D eigenvalue weighted by molar-refractivity contribution is -0.122. The number of carbonyl (C=O) groups excluding carboxylic acids is 2. The van der Waals surface area contributed by atoms with Crippen molar-refractivity contribution in [3.8, 4) is 0 Å². The summed E-state index contributed by atoms with van der Waals surface area (Å²) >= 11 is 1.66. The van der Waals surface area contributed by atoms with Crippen molar-refractivity contribution >= 4 is 23.2 Å². The molecule has 0 radical (unpaired) electrons. The second-order valence-corrected chi connectivity index (χ2v) is 7.70. The molecule has 1 aliphatic heterocycles. The summed E-state index contributed by atoms with van der Waals surface area (Å²) in [5.41, 5.74) is 1.85. The molecule has 1 saturated heterocycles. The summed E-state index contributed by atoms with van der Waals surface area (Å²) < 4.78 is 5.46. The highest BCUT2D eigenvalue weighted by atomic mass is 32.1. The van der Waals surface area contributed by atoms with E-state index < -0.39 is 0 Å². The van der Waals surface area contributed by atoms with E-state index in [-0.39, 0.29) is 11.8 Å². The largest absolute Gasteiger partial charge is 0.466 e. The van der Waals surface area contributed by atoms with E-state index in [2.05, 4.69) is 23.2 Å². The number of carbonyl (C=O) groups is 2. The van der Waals surface area contributed by atoms with Gasteiger partial charge in [0.15, 0.2) is 0 Å². The highest BCUT2D eigenvalue weighted by Crippen LogP contribution is 2.17. The van der Waals surface area contributed by atoms with Crippen molar-refractivity contribution in [3.63, 3.8) is 0 Å². The first-order chi connectivity index (χ1) is 12.4. The van der Waals surface area contributed by atoms with E-state index >= 15 is 0 Å². The number of amides is 2. The molecule has 2 aromatic heterocycles. The second-order valence-electron chi connectivity index (χ2n) is 6.70. The first-order valence-corrected chi connectivity index (χ1v) is 9.70. The van der Waals surface area contributed by atoms with Crippen LogP contribution < -0.4 is 5.32 Å². The molecule has 2 aromatic rings. The number of furan rings is 1. The van der Waals surface area contributed by atoms with E-state index in [1.807, 2.05) is 24.1 Å². The predicted molar refractivity (Wildman–Crippen MR) is 101 cm³/mol. The number of nitrogens with one attached hydrogen (secondary N) is 1. The molecule has 0 unspecified atom stereocenters. The van der Waals surface area contributed by atoms with E-state index in [4.69, 9.17) is 4.42 Å². The topological polar surface area (TPSA) is 65.8 Å². The average Bonchev–Trinajstić information content (AvgIpc) is 3.17. The van der Waals surface area contributed by atoms with Gasteiger partial charge in [0.2, 0.25) is 5.91 Å². The van der Waals surface area contributed by atoms with Crippen LogP contribution in [0.3, 0.4) is 0 Å². The zero-order chi connectivity index (χ0) is 18.7. The molecule has 0 aliphatic carbocycles. The SMILES string of the molecule is Cc1cc(C(=O)N2CCN(CC(=O)NCc3sccc3C)CC2)c(C)o1. The molecule has 6 nitrogen and oxygen atoms in total. The van der Waals surface area contributed by atoms with Gasteiger partial charge in [0, 0.05) is 31.1 Å². The van der Waals surface area contributed by atoms with Crippen molar-refractivity contribution in [1.29, 1.82) is 0 Å². The van der Waals surface area contributed by atoms with Crippen molar-refractivity contribution in [2.75, 3.05) is 32.7 Å². The quantitative estimate of drug-likeness (QED) is 0.871. The Morgan fingerprint density at radius 1 is 1.19 bits per heavy atom. The maximum atomic E-state index is 12.6. The molecule has 3 heterocycles. The lowest BCUT2D eigenvalue weighted by Crippen LogP contribution is -2.51. The van der Waals surface area contributed by atoms with E-state index in [0.29, 0.717) is 50.6 Å². The van der Waals surface area contributed by atoms with Gasteiger partial charge in [0.1, 0.15) is 11.5 Å². The van der Waals surface area contributed by atoms with Crippen LogP contribution in [0.2, 0.25) is 0 Å². The second kappa shape index (κ2) is 8.05. The van der Waals surface area contributed by atoms with E-state index in [9.17, 15) is 9.59 Å². The van der Waals surface area contributed by atoms with Gasteiger partial charge in [-0.3, -0.25) is 14.5 Å². The summed E-state index contributed by atoms with van der Waals surface area (Å²) in [4.78, 5) is 29.9. The number of nitrogens with zero attached hydrogens (tertiary/aromatic N) is 2. The van der Waals surface area contributed by atoms with Crippen molar-refractivity contribution in [2.24, 2.45) is 0 Å². The predicted octanol–water partition coefficient (Wildman–Crippen LogP) is 2.34. The number of aryl methyl sites for hydroxylation is 3. The van der Waals surface area contributed by atoms with Gasteiger partial charge in [-0.15, -0.1) is 11.3 Å². The minimum absolute atomic E-state index is 0.0108. The van der Waals surface area contributed by atoms with Crippen LogP contribution in [-0.4, -0.2) is 54.3 Å². The lowest BCUT2D eigenvalue weighted by Gasteiger charge is -2.34. The molecule has 2 amide bonds. The Morgan fingerprint density at radius 2 is 1.92 bits per heavy atom. The lowest BCUT2D eigenvalue weighted by atomic mass is 10.2. The van der Waals surface area contributed by atoms with Crippen LogP contribution in [0, 0.1) is 20.8 Å². The summed E-state index contributed by atoms with van der Waals surface area (Å²) in [6.45, 7) is 9.32. The zero-order valence-corrected chi connectivity index (χ0v) is 16.3. The molecule has 1 fully saturated rings. The Bertz CT molecular complexity index is 788. The number of rotatable bonds is 5. The van der Waals surface area contributed by atoms with Gasteiger partial charge < -0.3 is 14.6 Å². The fraction of sp³-hybridized carbons (Fsp3) is 0.474. The third-order valence-electron chi connectivity index (χ3n) is 4.71. The van der Waals surface area contributed by atoms with E-state index in [0.717, 1.165) is 5.76 Å². The fourth-order valence-corrected chi connectivity index (χ4v) is 3.99. The molecule has 0 spiro atoms. The normalized spacial score (nSPS) is 15.3. The third kappa shape index (κ3) is 4.34. The highest BCUT2D eigenvalue weighted by Gasteiger charge is 2.25. The molecule has 26 heavy (non-hydrogen) atoms. The van der Waals surface area contributed by atoms with E-state index in [1.54, 1.807) is 17.4 Å². The Labute approximate surface area is 157 Å². The Hall–Kier alpha value is -2.12. The van der Waals surface area contributed by atoms with Crippen LogP contribution >= 0.6 is 11.3 Å². The number of thiophene rings is 1. The average molecular weight is 375 g/mol. The molecule has 0 saturated carbocycles. The maximum Gasteiger partial charge on any atom is 0.257 e. The van der Waals surface area contributed by atoms with Crippen LogP contribution in [0.25, 0.3) is 0 Å². The summed E-state index contributed by atoms with van der Waals surface area (Å²) in [5, 5.41) is 5.02. The zero-order valence-electron chi connectivity index (χ0n) is 15.5. The number of hydrogen-bond donors (Lipinski definition) is 1. The first kappa shape index (κ1) is 18.7. The maximum absolute atomic E-state index is 12.6. The molecule has 3 rings (SSSR count). The number of hydrogen-bond acceptors (Lipinski definition) is 5. The molecule has 1 aliphatic rings. The van der Waals surface area contributed by atoms with Gasteiger partial charge in [0.05, 0.1) is 18.7 Å². The van der Waals surface area contributed by atoms with Gasteiger partial charge >= 0.3 is 0 Å². The van der Waals surface area contributed by atoms with Gasteiger partial charge in [-0.05, 0) is 43.8 Å². The molecule has 7 heteroatoms. The molecular formula is C19H25N3O3S. The summed E-state index contributed by atoms with van der Waals surface area (Å²) in [7, 11) is 0. The Balaban J connectivity index is 1.45. The van der Waals surface area contributed by atoms with Gasteiger partial charge in [-0.2, -0.15) is 0 Å². The molecule has 0 bridgehead atoms. The van der Waals surface area contributed by atoms with Crippen molar-refractivity contribution in [1.82, 2.24) is 15.1 Å². The minimum Gasteiger partial charge on any atom is -0.466 e. The van der Waals surface area contributed by atoms with Crippen molar-refractivity contribution in [3.05, 3.63) is 45.0 Å². The summed E-state index contributed by atoms with van der Waals surface area (Å²) in [6.07, 6.45) is 0. The Kier molecular flexibility index (Phi) is 5.78. The number of piperazine rings is 1. The minimum atomic E-state index is 0.0108. The molecule has 0 aromatic carbocycles. The van der Waals surface area contributed by atoms with Crippen LogP contribution in [0.1, 0.15) is 32.3 Å².